The lowest BCUT2D eigenvalue weighted by molar-refractivity contribution is -0.126. The van der Waals surface area contributed by atoms with Crippen molar-refractivity contribution in [2.24, 2.45) is 0 Å². The second-order valence-corrected chi connectivity index (χ2v) is 6.84. The number of carbonyl (C=O) groups is 1. The van der Waals surface area contributed by atoms with Crippen LogP contribution in [0, 0.1) is 0 Å². The number of rotatable bonds is 3. The summed E-state index contributed by atoms with van der Waals surface area (Å²) >= 11 is 3.49. The number of benzene rings is 3. The highest BCUT2D eigenvalue weighted by Gasteiger charge is 2.49. The van der Waals surface area contributed by atoms with Crippen molar-refractivity contribution in [2.45, 2.75) is 12.0 Å². The first kappa shape index (κ1) is 15.2. The molecule has 0 unspecified atom stereocenters. The molecule has 1 aliphatic rings. The van der Waals surface area contributed by atoms with E-state index in [1.54, 1.807) is 0 Å². The van der Waals surface area contributed by atoms with Crippen molar-refractivity contribution < 1.29 is 4.79 Å². The van der Waals surface area contributed by atoms with Crippen molar-refractivity contribution in [1.29, 1.82) is 0 Å². The van der Waals surface area contributed by atoms with E-state index in [4.69, 9.17) is 0 Å². The molecule has 1 fully saturated rings. The summed E-state index contributed by atoms with van der Waals surface area (Å²) in [6, 6.07) is 28.2. The number of amides is 1. The minimum absolute atomic E-state index is 0.0235. The van der Waals surface area contributed by atoms with Crippen LogP contribution < -0.4 is 4.90 Å². The summed E-state index contributed by atoms with van der Waals surface area (Å²) in [5, 5.41) is 0. The van der Waals surface area contributed by atoms with Crippen molar-refractivity contribution >= 4 is 27.5 Å². The highest BCUT2D eigenvalue weighted by Crippen LogP contribution is 2.48. The molecule has 0 spiro atoms. The van der Waals surface area contributed by atoms with E-state index in [9.17, 15) is 4.79 Å². The quantitative estimate of drug-likeness (QED) is 0.565. The Morgan fingerprint density at radius 1 is 0.708 bits per heavy atom. The van der Waals surface area contributed by atoms with Gasteiger partial charge >= 0.3 is 0 Å². The predicted molar refractivity (Wildman–Crippen MR) is 100.0 cm³/mol. The minimum atomic E-state index is -0.132. The molecule has 118 valence electrons. The van der Waals surface area contributed by atoms with Crippen molar-refractivity contribution in [2.75, 3.05) is 4.90 Å². The SMILES string of the molecule is O=C1[C@@H](c2ccccc2)[C@@H](c2ccc(Br)cc2)N1c1ccccc1. The van der Waals surface area contributed by atoms with Crippen LogP contribution in [0.25, 0.3) is 0 Å². The van der Waals surface area contributed by atoms with E-state index in [1.165, 1.54) is 0 Å². The molecule has 0 bridgehead atoms. The fraction of sp³-hybridized carbons (Fsp3) is 0.0952. The Bertz CT molecular complexity index is 797. The first-order valence-electron chi connectivity index (χ1n) is 7.94. The first-order chi connectivity index (χ1) is 11.8. The molecule has 3 aromatic carbocycles. The summed E-state index contributed by atoms with van der Waals surface area (Å²) in [6.45, 7) is 0. The Hall–Kier alpha value is -2.39. The van der Waals surface area contributed by atoms with E-state index in [0.717, 1.165) is 21.3 Å². The number of halogens is 1. The van der Waals surface area contributed by atoms with Crippen LogP contribution in [0.15, 0.2) is 89.4 Å². The van der Waals surface area contributed by atoms with Gasteiger partial charge in [-0.25, -0.2) is 0 Å². The smallest absolute Gasteiger partial charge is 0.237 e. The van der Waals surface area contributed by atoms with E-state index in [1.807, 2.05) is 77.7 Å². The molecule has 0 radical (unpaired) electrons. The van der Waals surface area contributed by atoms with E-state index in [0.29, 0.717) is 0 Å². The zero-order chi connectivity index (χ0) is 16.5. The third-order valence-electron chi connectivity index (χ3n) is 4.50. The van der Waals surface area contributed by atoms with Crippen LogP contribution in [0.3, 0.4) is 0 Å². The molecular weight excluding hydrogens is 362 g/mol. The second kappa shape index (κ2) is 6.25. The van der Waals surface area contributed by atoms with E-state index >= 15 is 0 Å². The molecule has 24 heavy (non-hydrogen) atoms. The van der Waals surface area contributed by atoms with Crippen LogP contribution in [0.2, 0.25) is 0 Å². The van der Waals surface area contributed by atoms with Gasteiger partial charge in [-0.15, -0.1) is 0 Å². The number of carbonyl (C=O) groups excluding carboxylic acids is 1. The van der Waals surface area contributed by atoms with Gasteiger partial charge in [-0.3, -0.25) is 4.79 Å². The maximum Gasteiger partial charge on any atom is 0.237 e. The summed E-state index contributed by atoms with van der Waals surface area (Å²) in [5.41, 5.74) is 3.17. The van der Waals surface area contributed by atoms with Crippen LogP contribution in [0.4, 0.5) is 5.69 Å². The molecule has 2 atom stereocenters. The van der Waals surface area contributed by atoms with Gasteiger partial charge in [0.05, 0.1) is 12.0 Å². The number of para-hydroxylation sites is 1. The van der Waals surface area contributed by atoms with Gasteiger partial charge in [-0.1, -0.05) is 76.6 Å². The molecule has 1 amide bonds. The van der Waals surface area contributed by atoms with Crippen LogP contribution in [-0.2, 0) is 4.79 Å². The maximum atomic E-state index is 12.9. The summed E-state index contributed by atoms with van der Waals surface area (Å²) in [7, 11) is 0. The lowest BCUT2D eigenvalue weighted by Gasteiger charge is -2.47. The third kappa shape index (κ3) is 2.55. The van der Waals surface area contributed by atoms with Gasteiger partial charge in [0.1, 0.15) is 0 Å². The molecule has 1 heterocycles. The summed E-state index contributed by atoms with van der Waals surface area (Å²) < 4.78 is 1.04. The maximum absolute atomic E-state index is 12.9. The zero-order valence-electron chi connectivity index (χ0n) is 13.0. The Morgan fingerprint density at radius 2 is 1.29 bits per heavy atom. The van der Waals surface area contributed by atoms with E-state index in [-0.39, 0.29) is 17.9 Å². The molecule has 1 saturated heterocycles. The number of hydrogen-bond acceptors (Lipinski definition) is 1. The summed E-state index contributed by atoms with van der Waals surface area (Å²) in [4.78, 5) is 14.8. The first-order valence-corrected chi connectivity index (χ1v) is 8.73. The summed E-state index contributed by atoms with van der Waals surface area (Å²) in [6.07, 6.45) is 0. The monoisotopic (exact) mass is 377 g/mol. The minimum Gasteiger partial charge on any atom is -0.303 e. The average molecular weight is 378 g/mol. The molecule has 2 nitrogen and oxygen atoms in total. The average Bonchev–Trinajstić information content (AvgIpc) is 2.62. The van der Waals surface area contributed by atoms with Gasteiger partial charge in [0.15, 0.2) is 0 Å². The zero-order valence-corrected chi connectivity index (χ0v) is 14.6. The number of β-lactam (4-membered cyclic amide) rings is 1. The molecule has 0 saturated carbocycles. The lowest BCUT2D eigenvalue weighted by atomic mass is 9.77. The van der Waals surface area contributed by atoms with Gasteiger partial charge in [0, 0.05) is 10.2 Å². The van der Waals surface area contributed by atoms with Crippen LogP contribution in [0.5, 0.6) is 0 Å². The predicted octanol–water partition coefficient (Wildman–Crippen LogP) is 5.32. The number of anilines is 1. The molecule has 3 aromatic rings. The highest BCUT2D eigenvalue weighted by molar-refractivity contribution is 9.10. The number of nitrogens with zero attached hydrogens (tertiary/aromatic N) is 1. The van der Waals surface area contributed by atoms with Crippen LogP contribution in [0.1, 0.15) is 23.1 Å². The van der Waals surface area contributed by atoms with Crippen molar-refractivity contribution in [1.82, 2.24) is 0 Å². The molecule has 1 aliphatic heterocycles. The van der Waals surface area contributed by atoms with Crippen molar-refractivity contribution in [3.63, 3.8) is 0 Å². The highest BCUT2D eigenvalue weighted by atomic mass is 79.9. The molecule has 4 rings (SSSR count). The lowest BCUT2D eigenvalue weighted by Crippen LogP contribution is -2.53. The van der Waals surface area contributed by atoms with E-state index in [2.05, 4.69) is 28.1 Å². The van der Waals surface area contributed by atoms with E-state index < -0.39 is 0 Å². The van der Waals surface area contributed by atoms with Crippen LogP contribution in [-0.4, -0.2) is 5.91 Å². The second-order valence-electron chi connectivity index (χ2n) is 5.93. The Balaban J connectivity index is 1.78. The summed E-state index contributed by atoms with van der Waals surface area (Å²) in [5.74, 6) is 0.0212. The van der Waals surface area contributed by atoms with Gasteiger partial charge in [-0.2, -0.15) is 0 Å². The van der Waals surface area contributed by atoms with Crippen molar-refractivity contribution in [3.05, 3.63) is 101 Å². The third-order valence-corrected chi connectivity index (χ3v) is 5.03. The number of hydrogen-bond donors (Lipinski definition) is 0. The molecule has 3 heteroatoms. The molecule has 0 aromatic heterocycles. The largest absolute Gasteiger partial charge is 0.303 e. The molecular formula is C21H16BrNO. The fourth-order valence-electron chi connectivity index (χ4n) is 3.35. The van der Waals surface area contributed by atoms with Crippen LogP contribution >= 0.6 is 15.9 Å². The topological polar surface area (TPSA) is 20.3 Å². The Kier molecular flexibility index (Phi) is 3.95. The molecule has 0 aliphatic carbocycles. The molecule has 0 N–H and O–H groups in total. The fourth-order valence-corrected chi connectivity index (χ4v) is 3.62. The standard InChI is InChI=1S/C21H16BrNO/c22-17-13-11-16(12-14-17)20-19(15-7-3-1-4-8-15)21(24)23(20)18-9-5-2-6-10-18/h1-14,19-20H/t19-,20+/m0/s1. The van der Waals surface area contributed by atoms with Gasteiger partial charge < -0.3 is 4.90 Å². The van der Waals surface area contributed by atoms with Gasteiger partial charge in [0.25, 0.3) is 0 Å². The van der Waals surface area contributed by atoms with Gasteiger partial charge in [0.2, 0.25) is 5.91 Å². The van der Waals surface area contributed by atoms with Gasteiger partial charge in [-0.05, 0) is 35.4 Å². The van der Waals surface area contributed by atoms with Crippen molar-refractivity contribution in [3.8, 4) is 0 Å². The Morgan fingerprint density at radius 3 is 1.92 bits per heavy atom. The Labute approximate surface area is 149 Å². The normalized spacial score (nSPS) is 19.9.